The Labute approximate surface area is 358 Å². The van der Waals surface area contributed by atoms with Crippen LogP contribution in [0.25, 0.3) is 88.7 Å². The van der Waals surface area contributed by atoms with Gasteiger partial charge in [0.05, 0.1) is 27.8 Å². The minimum atomic E-state index is -0.576. The van der Waals surface area contributed by atoms with E-state index in [9.17, 15) is 0 Å². The number of hydrogen-bond donors (Lipinski definition) is 0. The average molecular weight is 790 g/mol. The minimum absolute atomic E-state index is 0.576. The van der Waals surface area contributed by atoms with Gasteiger partial charge in [-0.05, 0) is 81.2 Å². The zero-order valence-corrected chi connectivity index (χ0v) is 33.5. The van der Waals surface area contributed by atoms with Gasteiger partial charge in [0.2, 0.25) is 0 Å². The van der Waals surface area contributed by atoms with E-state index >= 15 is 0 Å². The van der Waals surface area contributed by atoms with Gasteiger partial charge in [-0.15, -0.1) is 0 Å². The molecule has 4 heteroatoms. The van der Waals surface area contributed by atoms with Crippen LogP contribution in [0, 0.1) is 0 Å². The van der Waals surface area contributed by atoms with Crippen LogP contribution < -0.4 is 4.74 Å². The Bertz CT molecular complexity index is 3550. The molecule has 9 aromatic carbocycles. The third-order valence-electron chi connectivity index (χ3n) is 12.9. The summed E-state index contributed by atoms with van der Waals surface area (Å²) in [6, 6.07) is 75.5. The molecule has 13 rings (SSSR count). The first kappa shape index (κ1) is 34.6. The van der Waals surface area contributed by atoms with Crippen LogP contribution in [0.4, 0.5) is 0 Å². The van der Waals surface area contributed by atoms with Crippen molar-refractivity contribution in [2.45, 2.75) is 5.41 Å². The Kier molecular flexibility index (Phi) is 7.49. The number of hydrogen-bond acceptors (Lipinski definition) is 4. The lowest BCUT2D eigenvalue weighted by Gasteiger charge is -2.39. The molecule has 1 spiro atoms. The van der Waals surface area contributed by atoms with Crippen LogP contribution in [0.3, 0.4) is 0 Å². The smallest absolute Gasteiger partial charge is 0.160 e. The zero-order valence-electron chi connectivity index (χ0n) is 33.5. The van der Waals surface area contributed by atoms with Crippen LogP contribution in [-0.4, -0.2) is 15.0 Å². The SMILES string of the molecule is c1ccc(-c2nc(-c3ccc(-c4ccc5nc(-c6ccccc6)c6cc7c(cc6c5c4)C4(c5ccccc5Oc5ccccc54)c4ccccc4-7)cc3)c3ccccc3n2)cc1. The van der Waals surface area contributed by atoms with Crippen LogP contribution in [0.1, 0.15) is 22.3 Å². The average Bonchev–Trinajstić information content (AvgIpc) is 3.62. The first-order valence-corrected chi connectivity index (χ1v) is 21.1. The molecule has 2 aromatic heterocycles. The van der Waals surface area contributed by atoms with E-state index in [1.807, 2.05) is 24.3 Å². The first-order valence-electron chi connectivity index (χ1n) is 21.1. The summed E-state index contributed by atoms with van der Waals surface area (Å²) in [6.45, 7) is 0. The van der Waals surface area contributed by atoms with Crippen LogP contribution in [-0.2, 0) is 5.41 Å². The van der Waals surface area contributed by atoms with Crippen LogP contribution in [0.15, 0.2) is 212 Å². The van der Waals surface area contributed by atoms with Gasteiger partial charge < -0.3 is 4.74 Å². The Hall–Kier alpha value is -8.21. The van der Waals surface area contributed by atoms with Crippen molar-refractivity contribution in [3.63, 3.8) is 0 Å². The molecule has 1 aliphatic carbocycles. The maximum absolute atomic E-state index is 6.66. The summed E-state index contributed by atoms with van der Waals surface area (Å²) in [7, 11) is 0. The molecule has 0 saturated carbocycles. The Balaban J connectivity index is 1.03. The highest BCUT2D eigenvalue weighted by atomic mass is 16.5. The molecule has 0 bridgehead atoms. The van der Waals surface area contributed by atoms with Gasteiger partial charge in [-0.1, -0.05) is 170 Å². The summed E-state index contributed by atoms with van der Waals surface area (Å²) >= 11 is 0. The minimum Gasteiger partial charge on any atom is -0.457 e. The third-order valence-corrected chi connectivity index (χ3v) is 12.9. The summed E-state index contributed by atoms with van der Waals surface area (Å²) < 4.78 is 6.66. The number of rotatable bonds is 4. The number of nitrogens with zero attached hydrogens (tertiary/aromatic N) is 3. The second-order valence-electron chi connectivity index (χ2n) is 16.2. The van der Waals surface area contributed by atoms with Gasteiger partial charge in [0.25, 0.3) is 0 Å². The van der Waals surface area contributed by atoms with Crippen molar-refractivity contribution >= 4 is 32.6 Å². The molecular weight excluding hydrogens is 755 g/mol. The fourth-order valence-corrected chi connectivity index (χ4v) is 10.2. The predicted octanol–water partition coefficient (Wildman–Crippen LogP) is 14.5. The molecule has 2 aliphatic rings. The Morgan fingerprint density at radius 1 is 0.306 bits per heavy atom. The van der Waals surface area contributed by atoms with Crippen molar-refractivity contribution < 1.29 is 4.74 Å². The van der Waals surface area contributed by atoms with E-state index in [1.54, 1.807) is 0 Å². The Morgan fingerprint density at radius 2 is 0.871 bits per heavy atom. The van der Waals surface area contributed by atoms with Crippen molar-refractivity contribution in [2.24, 2.45) is 0 Å². The maximum atomic E-state index is 6.66. The normalized spacial score (nSPS) is 13.1. The summed E-state index contributed by atoms with van der Waals surface area (Å²) in [4.78, 5) is 15.5. The highest BCUT2D eigenvalue weighted by Gasteiger charge is 2.51. The second kappa shape index (κ2) is 13.4. The fraction of sp³-hybridized carbons (Fsp3) is 0.0172. The summed E-state index contributed by atoms with van der Waals surface area (Å²) in [5.74, 6) is 2.49. The van der Waals surface area contributed by atoms with Crippen molar-refractivity contribution in [1.82, 2.24) is 15.0 Å². The predicted molar refractivity (Wildman–Crippen MR) is 251 cm³/mol. The van der Waals surface area contributed by atoms with E-state index in [4.69, 9.17) is 19.7 Å². The quantitative estimate of drug-likeness (QED) is 0.167. The van der Waals surface area contributed by atoms with Gasteiger partial charge in [0.15, 0.2) is 5.82 Å². The highest BCUT2D eigenvalue weighted by Crippen LogP contribution is 2.62. The maximum Gasteiger partial charge on any atom is 0.160 e. The molecule has 0 N–H and O–H groups in total. The topological polar surface area (TPSA) is 47.9 Å². The lowest BCUT2D eigenvalue weighted by molar-refractivity contribution is 0.436. The van der Waals surface area contributed by atoms with Crippen molar-refractivity contribution in [3.05, 3.63) is 235 Å². The molecule has 62 heavy (non-hydrogen) atoms. The van der Waals surface area contributed by atoms with Gasteiger partial charge in [-0.3, -0.25) is 0 Å². The number of aromatic nitrogens is 3. The van der Waals surface area contributed by atoms with Crippen LogP contribution in [0.2, 0.25) is 0 Å². The first-order chi connectivity index (χ1) is 30.7. The van der Waals surface area contributed by atoms with E-state index in [-0.39, 0.29) is 0 Å². The standard InChI is InChI=1S/C58H35N3O/c1-3-15-37(16-4-1)56-46-34-44-41-19-7-9-21-47(41)58(48-22-10-13-25-53(48)62-54-26-14-11-23-49(54)58)50(44)35-43(46)45-33-40(31-32-52(45)59-56)36-27-29-38(30-28-36)55-42-20-8-12-24-51(42)60-57(61-55)39-17-5-2-6-18-39/h1-35H. The molecule has 3 heterocycles. The van der Waals surface area contributed by atoms with Gasteiger partial charge >= 0.3 is 0 Å². The molecule has 288 valence electrons. The summed E-state index contributed by atoms with van der Waals surface area (Å²) in [5.41, 5.74) is 15.8. The van der Waals surface area contributed by atoms with Gasteiger partial charge in [-0.25, -0.2) is 15.0 Å². The Morgan fingerprint density at radius 3 is 1.63 bits per heavy atom. The second-order valence-corrected chi connectivity index (χ2v) is 16.2. The molecular formula is C58H35N3O. The number of fused-ring (bicyclic) bond motifs is 13. The molecule has 0 amide bonds. The van der Waals surface area contributed by atoms with E-state index < -0.39 is 5.41 Å². The summed E-state index contributed by atoms with van der Waals surface area (Å²) in [5, 5.41) is 4.43. The van der Waals surface area contributed by atoms with Crippen LogP contribution in [0.5, 0.6) is 11.5 Å². The van der Waals surface area contributed by atoms with Crippen LogP contribution >= 0.6 is 0 Å². The van der Waals surface area contributed by atoms with E-state index in [0.717, 1.165) is 94.8 Å². The van der Waals surface area contributed by atoms with Crippen molar-refractivity contribution in [1.29, 1.82) is 0 Å². The zero-order chi connectivity index (χ0) is 40.8. The van der Waals surface area contributed by atoms with Gasteiger partial charge in [0, 0.05) is 44.0 Å². The van der Waals surface area contributed by atoms with Gasteiger partial charge in [-0.2, -0.15) is 0 Å². The highest BCUT2D eigenvalue weighted by molar-refractivity contribution is 6.14. The molecule has 0 fully saturated rings. The van der Waals surface area contributed by atoms with E-state index in [1.165, 1.54) is 27.6 Å². The number of pyridine rings is 1. The molecule has 0 saturated heterocycles. The summed E-state index contributed by atoms with van der Waals surface area (Å²) in [6.07, 6.45) is 0. The van der Waals surface area contributed by atoms with Gasteiger partial charge in [0.1, 0.15) is 11.5 Å². The number of para-hydroxylation sites is 3. The monoisotopic (exact) mass is 789 g/mol. The number of benzene rings is 9. The fourth-order valence-electron chi connectivity index (χ4n) is 10.2. The van der Waals surface area contributed by atoms with Crippen molar-refractivity contribution in [3.8, 4) is 67.7 Å². The largest absolute Gasteiger partial charge is 0.457 e. The molecule has 4 nitrogen and oxygen atoms in total. The molecule has 0 radical (unpaired) electrons. The third kappa shape index (κ3) is 5.04. The van der Waals surface area contributed by atoms with Crippen molar-refractivity contribution in [2.75, 3.05) is 0 Å². The lowest BCUT2D eigenvalue weighted by Crippen LogP contribution is -2.32. The number of ether oxygens (including phenoxy) is 1. The van der Waals surface area contributed by atoms with E-state index in [2.05, 4.69) is 188 Å². The molecule has 11 aromatic rings. The molecule has 0 unspecified atom stereocenters. The lowest BCUT2D eigenvalue weighted by atomic mass is 9.66. The molecule has 1 aliphatic heterocycles. The van der Waals surface area contributed by atoms with E-state index in [0.29, 0.717) is 0 Å². The molecule has 0 atom stereocenters.